The molecule has 1 aliphatic heterocycles. The van der Waals surface area contributed by atoms with Gasteiger partial charge < -0.3 is 10.2 Å². The van der Waals surface area contributed by atoms with Gasteiger partial charge in [-0.1, -0.05) is 18.2 Å². The van der Waals surface area contributed by atoms with Crippen molar-refractivity contribution in [3.8, 4) is 0 Å². The Labute approximate surface area is 140 Å². The van der Waals surface area contributed by atoms with Gasteiger partial charge in [-0.25, -0.2) is 0 Å². The van der Waals surface area contributed by atoms with E-state index in [1.54, 1.807) is 12.4 Å². The summed E-state index contributed by atoms with van der Waals surface area (Å²) in [5.41, 5.74) is 3.07. The van der Waals surface area contributed by atoms with E-state index in [-0.39, 0.29) is 5.91 Å². The number of pyridine rings is 2. The van der Waals surface area contributed by atoms with E-state index >= 15 is 0 Å². The Bertz CT molecular complexity index is 882. The van der Waals surface area contributed by atoms with E-state index < -0.39 is 0 Å². The number of carbonyl (C=O) groups excluding carboxylic acids is 1. The number of benzene rings is 1. The summed E-state index contributed by atoms with van der Waals surface area (Å²) < 4.78 is 0. The van der Waals surface area contributed by atoms with E-state index in [2.05, 4.69) is 20.2 Å². The highest BCUT2D eigenvalue weighted by molar-refractivity contribution is 6.08. The second kappa shape index (κ2) is 6.28. The minimum atomic E-state index is -0.165. The quantitative estimate of drug-likeness (QED) is 0.803. The van der Waals surface area contributed by atoms with E-state index in [4.69, 9.17) is 0 Å². The van der Waals surface area contributed by atoms with E-state index in [0.29, 0.717) is 11.3 Å². The van der Waals surface area contributed by atoms with Crippen LogP contribution in [-0.4, -0.2) is 29.0 Å². The minimum absolute atomic E-state index is 0.165. The highest BCUT2D eigenvalue weighted by Crippen LogP contribution is 2.23. The SMILES string of the molecule is O=C(Nc1cccc2cccnc12)c1cncc(N2CCCC2)c1. The maximum absolute atomic E-state index is 12.6. The van der Waals surface area contributed by atoms with Crippen LogP contribution in [0.4, 0.5) is 11.4 Å². The molecule has 0 aliphatic carbocycles. The van der Waals surface area contributed by atoms with Crippen molar-refractivity contribution in [2.45, 2.75) is 12.8 Å². The van der Waals surface area contributed by atoms with Gasteiger partial charge in [0.2, 0.25) is 0 Å². The number of nitrogens with zero attached hydrogens (tertiary/aromatic N) is 3. The zero-order valence-electron chi connectivity index (χ0n) is 13.3. The fourth-order valence-corrected chi connectivity index (χ4v) is 3.10. The van der Waals surface area contributed by atoms with E-state index in [1.165, 1.54) is 12.8 Å². The van der Waals surface area contributed by atoms with Gasteiger partial charge in [-0.15, -0.1) is 0 Å². The minimum Gasteiger partial charge on any atom is -0.370 e. The normalized spacial score (nSPS) is 14.1. The Morgan fingerprint density at radius 1 is 1.08 bits per heavy atom. The van der Waals surface area contributed by atoms with E-state index in [1.807, 2.05) is 42.6 Å². The fraction of sp³-hybridized carbons (Fsp3) is 0.211. The van der Waals surface area contributed by atoms with Crippen LogP contribution in [0.2, 0.25) is 0 Å². The maximum Gasteiger partial charge on any atom is 0.257 e. The predicted molar refractivity (Wildman–Crippen MR) is 95.4 cm³/mol. The third kappa shape index (κ3) is 2.80. The van der Waals surface area contributed by atoms with Gasteiger partial charge in [0, 0.05) is 30.9 Å². The molecule has 1 N–H and O–H groups in total. The zero-order valence-corrected chi connectivity index (χ0v) is 13.3. The molecule has 5 heteroatoms. The van der Waals surface area contributed by atoms with Gasteiger partial charge in [0.15, 0.2) is 0 Å². The van der Waals surface area contributed by atoms with Gasteiger partial charge in [-0.2, -0.15) is 0 Å². The van der Waals surface area contributed by atoms with Crippen molar-refractivity contribution in [1.82, 2.24) is 9.97 Å². The summed E-state index contributed by atoms with van der Waals surface area (Å²) in [6.07, 6.45) is 7.54. The highest BCUT2D eigenvalue weighted by Gasteiger charge is 2.15. The van der Waals surface area contributed by atoms with Crippen LogP contribution in [0.3, 0.4) is 0 Å². The summed E-state index contributed by atoms with van der Waals surface area (Å²) in [5.74, 6) is -0.165. The number of aromatic nitrogens is 2. The van der Waals surface area contributed by atoms with Gasteiger partial charge >= 0.3 is 0 Å². The number of amides is 1. The number of anilines is 2. The third-order valence-corrected chi connectivity index (χ3v) is 4.34. The molecule has 120 valence electrons. The Morgan fingerprint density at radius 3 is 2.79 bits per heavy atom. The molecule has 0 bridgehead atoms. The standard InChI is InChI=1S/C19H18N4O/c24-19(15-11-16(13-20-12-15)23-9-1-2-10-23)22-17-7-3-5-14-6-4-8-21-18(14)17/h3-8,11-13H,1-2,9-10H2,(H,22,24). The Hall–Kier alpha value is -2.95. The summed E-state index contributed by atoms with van der Waals surface area (Å²) in [7, 11) is 0. The van der Waals surface area contributed by atoms with Gasteiger partial charge in [0.1, 0.15) is 0 Å². The predicted octanol–water partition coefficient (Wildman–Crippen LogP) is 3.48. The average Bonchev–Trinajstić information content (AvgIpc) is 3.17. The van der Waals surface area contributed by atoms with Crippen molar-refractivity contribution in [3.05, 3.63) is 60.6 Å². The monoisotopic (exact) mass is 318 g/mol. The van der Waals surface area contributed by atoms with Crippen LogP contribution in [0.1, 0.15) is 23.2 Å². The zero-order chi connectivity index (χ0) is 16.4. The molecule has 1 fully saturated rings. The topological polar surface area (TPSA) is 58.1 Å². The molecular formula is C19H18N4O. The van der Waals surface area contributed by atoms with Crippen molar-refractivity contribution >= 4 is 28.2 Å². The first kappa shape index (κ1) is 14.6. The lowest BCUT2D eigenvalue weighted by atomic mass is 10.1. The number of para-hydroxylation sites is 1. The molecule has 24 heavy (non-hydrogen) atoms. The molecule has 1 saturated heterocycles. The molecule has 1 amide bonds. The van der Waals surface area contributed by atoms with Gasteiger partial charge in [-0.05, 0) is 31.0 Å². The summed E-state index contributed by atoms with van der Waals surface area (Å²) in [6.45, 7) is 2.06. The number of rotatable bonds is 3. The number of hydrogen-bond acceptors (Lipinski definition) is 4. The molecule has 1 aromatic carbocycles. The number of nitrogens with one attached hydrogen (secondary N) is 1. The maximum atomic E-state index is 12.6. The summed E-state index contributed by atoms with van der Waals surface area (Å²) >= 11 is 0. The lowest BCUT2D eigenvalue weighted by Gasteiger charge is -2.17. The second-order valence-electron chi connectivity index (χ2n) is 5.96. The van der Waals surface area contributed by atoms with E-state index in [0.717, 1.165) is 29.7 Å². The van der Waals surface area contributed by atoms with Crippen molar-refractivity contribution in [1.29, 1.82) is 0 Å². The molecule has 1 aliphatic rings. The highest BCUT2D eigenvalue weighted by atomic mass is 16.1. The Balaban J connectivity index is 1.61. The third-order valence-electron chi connectivity index (χ3n) is 4.34. The molecule has 3 aromatic rings. The van der Waals surface area contributed by atoms with Crippen molar-refractivity contribution in [2.75, 3.05) is 23.3 Å². The van der Waals surface area contributed by atoms with Crippen molar-refractivity contribution in [2.24, 2.45) is 0 Å². The summed E-state index contributed by atoms with van der Waals surface area (Å²) in [5, 5.41) is 3.96. The second-order valence-corrected chi connectivity index (χ2v) is 5.96. The number of hydrogen-bond donors (Lipinski definition) is 1. The van der Waals surface area contributed by atoms with Crippen LogP contribution in [0.5, 0.6) is 0 Å². The molecule has 0 atom stereocenters. The molecule has 0 spiro atoms. The summed E-state index contributed by atoms with van der Waals surface area (Å²) in [4.78, 5) is 23.5. The largest absolute Gasteiger partial charge is 0.370 e. The smallest absolute Gasteiger partial charge is 0.257 e. The summed E-state index contributed by atoms with van der Waals surface area (Å²) in [6, 6.07) is 11.5. The van der Waals surface area contributed by atoms with Crippen LogP contribution in [0, 0.1) is 0 Å². The molecular weight excluding hydrogens is 300 g/mol. The molecule has 0 saturated carbocycles. The fourth-order valence-electron chi connectivity index (χ4n) is 3.10. The molecule has 2 aromatic heterocycles. The lowest BCUT2D eigenvalue weighted by Crippen LogP contribution is -2.19. The molecule has 5 nitrogen and oxygen atoms in total. The van der Waals surface area contributed by atoms with Crippen LogP contribution < -0.4 is 10.2 Å². The molecule has 0 unspecified atom stereocenters. The van der Waals surface area contributed by atoms with Crippen molar-refractivity contribution < 1.29 is 4.79 Å². The van der Waals surface area contributed by atoms with Gasteiger partial charge in [-0.3, -0.25) is 14.8 Å². The molecule has 0 radical (unpaired) electrons. The van der Waals surface area contributed by atoms with Crippen molar-refractivity contribution in [3.63, 3.8) is 0 Å². The number of carbonyl (C=O) groups is 1. The van der Waals surface area contributed by atoms with Crippen LogP contribution in [-0.2, 0) is 0 Å². The first-order chi connectivity index (χ1) is 11.8. The van der Waals surface area contributed by atoms with Gasteiger partial charge in [0.05, 0.1) is 28.7 Å². The lowest BCUT2D eigenvalue weighted by molar-refractivity contribution is 0.102. The number of fused-ring (bicyclic) bond motifs is 1. The van der Waals surface area contributed by atoms with Crippen LogP contribution in [0.25, 0.3) is 10.9 Å². The van der Waals surface area contributed by atoms with Crippen LogP contribution >= 0.6 is 0 Å². The Morgan fingerprint density at radius 2 is 1.92 bits per heavy atom. The first-order valence-corrected chi connectivity index (χ1v) is 8.16. The van der Waals surface area contributed by atoms with Crippen LogP contribution in [0.15, 0.2) is 55.0 Å². The average molecular weight is 318 g/mol. The molecule has 4 rings (SSSR count). The van der Waals surface area contributed by atoms with E-state index in [9.17, 15) is 4.79 Å². The molecule has 3 heterocycles. The van der Waals surface area contributed by atoms with Gasteiger partial charge in [0.25, 0.3) is 5.91 Å². The first-order valence-electron chi connectivity index (χ1n) is 8.16. The Kier molecular flexibility index (Phi) is 3.83.